The number of nitrogens with zero attached hydrogens (tertiary/aromatic N) is 2. The van der Waals surface area contributed by atoms with Crippen LogP contribution in [-0.4, -0.2) is 30.7 Å². The molecule has 0 unspecified atom stereocenters. The first-order valence-electron chi connectivity index (χ1n) is 9.08. The van der Waals surface area contributed by atoms with E-state index in [2.05, 4.69) is 81.5 Å². The van der Waals surface area contributed by atoms with Gasteiger partial charge in [-0.1, -0.05) is 36.4 Å². The molecule has 1 saturated heterocycles. The average Bonchev–Trinajstić information content (AvgIpc) is 3.20. The number of morpholine rings is 1. The molecule has 2 aromatic heterocycles. The highest BCUT2D eigenvalue weighted by Crippen LogP contribution is 2.40. The summed E-state index contributed by atoms with van der Waals surface area (Å²) in [7, 11) is 0. The highest BCUT2D eigenvalue weighted by molar-refractivity contribution is 6.06. The van der Waals surface area contributed by atoms with Gasteiger partial charge in [0.25, 0.3) is 0 Å². The third-order valence-electron chi connectivity index (χ3n) is 5.03. The van der Waals surface area contributed by atoms with Gasteiger partial charge in [0, 0.05) is 30.4 Å². The number of pyridine rings is 1. The fourth-order valence-corrected chi connectivity index (χ4v) is 3.84. The molecule has 1 N–H and O–H groups in total. The van der Waals surface area contributed by atoms with Gasteiger partial charge in [-0.3, -0.25) is 0 Å². The Bertz CT molecular complexity index is 1050. The van der Waals surface area contributed by atoms with Crippen molar-refractivity contribution in [1.29, 1.82) is 0 Å². The summed E-state index contributed by atoms with van der Waals surface area (Å²) in [4.78, 5) is 2.45. The number of ether oxygens (including phenoxy) is 1. The molecule has 0 atom stereocenters. The Hall–Kier alpha value is -2.98. The molecular weight excluding hydrogens is 322 g/mol. The second-order valence-electron chi connectivity index (χ2n) is 6.59. The first-order chi connectivity index (χ1) is 12.9. The first-order valence-corrected chi connectivity index (χ1v) is 9.08. The Balaban J connectivity index is 1.80. The van der Waals surface area contributed by atoms with Crippen molar-refractivity contribution in [3.8, 4) is 0 Å². The van der Waals surface area contributed by atoms with Gasteiger partial charge in [-0.05, 0) is 30.3 Å². The monoisotopic (exact) mass is 343 g/mol. The molecule has 0 amide bonds. The van der Waals surface area contributed by atoms with Crippen molar-refractivity contribution in [2.45, 2.75) is 0 Å². The number of fused-ring (bicyclic) bond motifs is 3. The highest BCUT2D eigenvalue weighted by Gasteiger charge is 2.21. The Morgan fingerprint density at radius 3 is 2.35 bits per heavy atom. The fraction of sp³-hybridized carbons (Fsp3) is 0.182. The molecule has 1 fully saturated rings. The maximum absolute atomic E-state index is 5.60. The zero-order valence-electron chi connectivity index (χ0n) is 14.6. The maximum atomic E-state index is 5.60. The van der Waals surface area contributed by atoms with Crippen LogP contribution >= 0.6 is 0 Å². The molecule has 2 aromatic carbocycles. The van der Waals surface area contributed by atoms with Crippen LogP contribution in [0.5, 0.6) is 0 Å². The van der Waals surface area contributed by atoms with Crippen LogP contribution in [0.4, 0.5) is 17.1 Å². The largest absolute Gasteiger partial charge is 0.378 e. The summed E-state index contributed by atoms with van der Waals surface area (Å²) in [5.41, 5.74) is 5.93. The summed E-state index contributed by atoms with van der Waals surface area (Å²) in [5.74, 6) is 0. The van der Waals surface area contributed by atoms with E-state index in [9.17, 15) is 0 Å². The fourth-order valence-electron chi connectivity index (χ4n) is 3.84. The van der Waals surface area contributed by atoms with Crippen molar-refractivity contribution in [2.75, 3.05) is 36.5 Å². The molecule has 0 bridgehead atoms. The van der Waals surface area contributed by atoms with Crippen LogP contribution in [0, 0.1) is 0 Å². The molecule has 130 valence electrons. The molecule has 4 heteroatoms. The van der Waals surface area contributed by atoms with E-state index in [0.717, 1.165) is 37.7 Å². The molecular formula is C22H21N3O. The Kier molecular flexibility index (Phi) is 3.76. The average molecular weight is 343 g/mol. The van der Waals surface area contributed by atoms with Gasteiger partial charge in [0.2, 0.25) is 0 Å². The maximum Gasteiger partial charge on any atom is 0.0873 e. The standard InChI is InChI=1S/C22H21N3O/c1-2-7-17(8-3-1)23-21-20-11-6-12-25(20)19-10-5-4-9-18(19)22(21)24-13-15-26-16-14-24/h1-12,23H,13-16H2. The third kappa shape index (κ3) is 2.50. The zero-order valence-corrected chi connectivity index (χ0v) is 14.6. The highest BCUT2D eigenvalue weighted by atomic mass is 16.5. The van der Waals surface area contributed by atoms with Gasteiger partial charge in [-0.15, -0.1) is 0 Å². The number of para-hydroxylation sites is 2. The van der Waals surface area contributed by atoms with E-state index in [1.165, 1.54) is 22.1 Å². The van der Waals surface area contributed by atoms with E-state index >= 15 is 0 Å². The normalized spacial score (nSPS) is 14.8. The van der Waals surface area contributed by atoms with E-state index in [4.69, 9.17) is 4.74 Å². The Morgan fingerprint density at radius 2 is 1.50 bits per heavy atom. The van der Waals surface area contributed by atoms with E-state index in [1.54, 1.807) is 0 Å². The van der Waals surface area contributed by atoms with Crippen molar-refractivity contribution >= 4 is 33.5 Å². The minimum Gasteiger partial charge on any atom is -0.378 e. The lowest BCUT2D eigenvalue weighted by atomic mass is 10.1. The second-order valence-corrected chi connectivity index (χ2v) is 6.59. The van der Waals surface area contributed by atoms with Gasteiger partial charge < -0.3 is 19.4 Å². The van der Waals surface area contributed by atoms with Gasteiger partial charge in [0.15, 0.2) is 0 Å². The van der Waals surface area contributed by atoms with E-state index in [1.807, 2.05) is 6.07 Å². The van der Waals surface area contributed by atoms with Gasteiger partial charge in [-0.2, -0.15) is 0 Å². The van der Waals surface area contributed by atoms with Crippen LogP contribution < -0.4 is 10.2 Å². The number of hydrogen-bond acceptors (Lipinski definition) is 3. The number of rotatable bonds is 3. The summed E-state index contributed by atoms with van der Waals surface area (Å²) in [6.45, 7) is 3.35. The predicted molar refractivity (Wildman–Crippen MR) is 108 cm³/mol. The molecule has 1 aliphatic heterocycles. The van der Waals surface area contributed by atoms with Crippen molar-refractivity contribution in [1.82, 2.24) is 4.40 Å². The molecule has 5 rings (SSSR count). The molecule has 4 nitrogen and oxygen atoms in total. The van der Waals surface area contributed by atoms with Crippen LogP contribution in [0.15, 0.2) is 72.9 Å². The van der Waals surface area contributed by atoms with E-state index < -0.39 is 0 Å². The van der Waals surface area contributed by atoms with Crippen molar-refractivity contribution in [3.63, 3.8) is 0 Å². The summed E-state index contributed by atoms with van der Waals surface area (Å²) in [6.07, 6.45) is 2.14. The summed E-state index contributed by atoms with van der Waals surface area (Å²) in [5, 5.41) is 4.95. The van der Waals surface area contributed by atoms with Gasteiger partial charge in [-0.25, -0.2) is 0 Å². The van der Waals surface area contributed by atoms with Crippen LogP contribution in [0.1, 0.15) is 0 Å². The molecule has 4 aromatic rings. The Labute approximate surface area is 152 Å². The molecule has 1 aliphatic rings. The summed E-state index contributed by atoms with van der Waals surface area (Å²) >= 11 is 0. The van der Waals surface area contributed by atoms with Crippen molar-refractivity contribution in [3.05, 3.63) is 72.9 Å². The SMILES string of the molecule is c1ccc(Nc2c(N3CCOCC3)c3ccccc3n3cccc23)cc1. The molecule has 0 saturated carbocycles. The molecule has 0 spiro atoms. The lowest BCUT2D eigenvalue weighted by molar-refractivity contribution is 0.123. The van der Waals surface area contributed by atoms with Crippen molar-refractivity contribution in [2.24, 2.45) is 0 Å². The molecule has 0 aliphatic carbocycles. The van der Waals surface area contributed by atoms with Gasteiger partial charge in [0.05, 0.1) is 35.6 Å². The number of anilines is 3. The lowest BCUT2D eigenvalue weighted by Crippen LogP contribution is -2.36. The molecule has 0 radical (unpaired) electrons. The van der Waals surface area contributed by atoms with Crippen LogP contribution in [0.3, 0.4) is 0 Å². The van der Waals surface area contributed by atoms with Crippen LogP contribution in [0.2, 0.25) is 0 Å². The Morgan fingerprint density at radius 1 is 0.769 bits per heavy atom. The number of aromatic nitrogens is 1. The third-order valence-corrected chi connectivity index (χ3v) is 5.03. The number of benzene rings is 2. The predicted octanol–water partition coefficient (Wildman–Crippen LogP) is 4.67. The quantitative estimate of drug-likeness (QED) is 0.586. The minimum atomic E-state index is 0.769. The summed E-state index contributed by atoms with van der Waals surface area (Å²) in [6, 6.07) is 23.3. The summed E-state index contributed by atoms with van der Waals surface area (Å²) < 4.78 is 7.87. The molecule has 3 heterocycles. The van der Waals surface area contributed by atoms with Gasteiger partial charge in [0.1, 0.15) is 0 Å². The topological polar surface area (TPSA) is 28.9 Å². The smallest absolute Gasteiger partial charge is 0.0873 e. The number of nitrogens with one attached hydrogen (secondary N) is 1. The first kappa shape index (κ1) is 15.3. The zero-order chi connectivity index (χ0) is 17.3. The van der Waals surface area contributed by atoms with Crippen LogP contribution in [-0.2, 0) is 4.74 Å². The molecule has 26 heavy (non-hydrogen) atoms. The van der Waals surface area contributed by atoms with Crippen molar-refractivity contribution < 1.29 is 4.74 Å². The number of hydrogen-bond donors (Lipinski definition) is 1. The second kappa shape index (κ2) is 6.39. The van der Waals surface area contributed by atoms with Crippen LogP contribution in [0.25, 0.3) is 16.4 Å². The minimum absolute atomic E-state index is 0.769. The lowest BCUT2D eigenvalue weighted by Gasteiger charge is -2.32. The van der Waals surface area contributed by atoms with Gasteiger partial charge >= 0.3 is 0 Å². The van der Waals surface area contributed by atoms with E-state index in [0.29, 0.717) is 0 Å². The van der Waals surface area contributed by atoms with E-state index in [-0.39, 0.29) is 0 Å².